The zero-order valence-electron chi connectivity index (χ0n) is 12.7. The van der Waals surface area contributed by atoms with Crippen LogP contribution in [0.3, 0.4) is 0 Å². The van der Waals surface area contributed by atoms with Gasteiger partial charge in [-0.15, -0.1) is 0 Å². The zero-order chi connectivity index (χ0) is 14.2. The Kier molecular flexibility index (Phi) is 7.24. The second kappa shape index (κ2) is 8.95. The molecule has 2 rings (SSSR count). The van der Waals surface area contributed by atoms with E-state index < -0.39 is 0 Å². The molecule has 0 N–H and O–H groups in total. The predicted molar refractivity (Wildman–Crippen MR) is 74.4 cm³/mol. The predicted octanol–water partition coefficient (Wildman–Crippen LogP) is 2.19. The van der Waals surface area contributed by atoms with Crippen molar-refractivity contribution in [1.29, 1.82) is 0 Å². The first-order valence-electron chi connectivity index (χ1n) is 7.78. The maximum Gasteiger partial charge on any atom is 0.164 e. The Morgan fingerprint density at radius 2 is 1.65 bits per heavy atom. The number of rotatable bonds is 7. The van der Waals surface area contributed by atoms with Crippen LogP contribution < -0.4 is 0 Å². The summed E-state index contributed by atoms with van der Waals surface area (Å²) < 4.78 is 28.1. The van der Waals surface area contributed by atoms with Crippen LogP contribution in [0, 0.1) is 11.8 Å². The van der Waals surface area contributed by atoms with Crippen LogP contribution >= 0.6 is 0 Å². The third kappa shape index (κ3) is 4.97. The van der Waals surface area contributed by atoms with Crippen LogP contribution in [-0.2, 0) is 23.7 Å². The molecule has 2 saturated heterocycles. The van der Waals surface area contributed by atoms with Crippen LogP contribution in [0.2, 0.25) is 0 Å². The minimum absolute atomic E-state index is 0.0402. The van der Waals surface area contributed by atoms with Crippen molar-refractivity contribution in [1.82, 2.24) is 0 Å². The van der Waals surface area contributed by atoms with Gasteiger partial charge in [0, 0.05) is 19.6 Å². The van der Waals surface area contributed by atoms with Gasteiger partial charge in [-0.3, -0.25) is 0 Å². The molecule has 0 saturated carbocycles. The summed E-state index contributed by atoms with van der Waals surface area (Å²) in [5.74, 6) is 0.683. The monoisotopic (exact) mass is 288 g/mol. The maximum absolute atomic E-state index is 5.83. The number of hydrogen-bond donors (Lipinski definition) is 0. The summed E-state index contributed by atoms with van der Waals surface area (Å²) in [6.45, 7) is 5.82. The van der Waals surface area contributed by atoms with Crippen LogP contribution in [0.25, 0.3) is 0 Å². The molecule has 2 heterocycles. The summed E-state index contributed by atoms with van der Waals surface area (Å²) in [4.78, 5) is 0. The summed E-state index contributed by atoms with van der Waals surface area (Å²) in [6, 6.07) is 0. The lowest BCUT2D eigenvalue weighted by Crippen LogP contribution is -2.44. The molecule has 0 aromatic heterocycles. The Hall–Kier alpha value is -0.200. The van der Waals surface area contributed by atoms with Gasteiger partial charge in [0.2, 0.25) is 0 Å². The number of hydrogen-bond acceptors (Lipinski definition) is 5. The van der Waals surface area contributed by atoms with E-state index in [1.807, 2.05) is 0 Å². The van der Waals surface area contributed by atoms with Crippen molar-refractivity contribution in [3.63, 3.8) is 0 Å². The van der Waals surface area contributed by atoms with Crippen LogP contribution in [0.4, 0.5) is 0 Å². The fourth-order valence-corrected chi connectivity index (χ4v) is 2.63. The first-order chi connectivity index (χ1) is 9.83. The fraction of sp³-hybridized carbons (Fsp3) is 1.00. The van der Waals surface area contributed by atoms with Crippen molar-refractivity contribution >= 4 is 0 Å². The maximum atomic E-state index is 5.83. The molecule has 0 radical (unpaired) electrons. The molecule has 118 valence electrons. The topological polar surface area (TPSA) is 46.2 Å². The van der Waals surface area contributed by atoms with Gasteiger partial charge in [-0.2, -0.15) is 0 Å². The molecule has 20 heavy (non-hydrogen) atoms. The van der Waals surface area contributed by atoms with Gasteiger partial charge in [0.25, 0.3) is 0 Å². The van der Waals surface area contributed by atoms with Crippen molar-refractivity contribution in [3.05, 3.63) is 0 Å². The van der Waals surface area contributed by atoms with E-state index in [2.05, 4.69) is 6.92 Å². The molecule has 0 aromatic carbocycles. The molecule has 2 aliphatic rings. The first-order valence-corrected chi connectivity index (χ1v) is 7.78. The zero-order valence-corrected chi connectivity index (χ0v) is 12.7. The minimum atomic E-state index is -0.170. The van der Waals surface area contributed by atoms with Gasteiger partial charge >= 0.3 is 0 Å². The second-order valence-electron chi connectivity index (χ2n) is 5.68. The van der Waals surface area contributed by atoms with Gasteiger partial charge < -0.3 is 23.7 Å². The van der Waals surface area contributed by atoms with Gasteiger partial charge in [0.15, 0.2) is 12.6 Å². The van der Waals surface area contributed by atoms with Crippen molar-refractivity contribution in [2.45, 2.75) is 45.2 Å². The van der Waals surface area contributed by atoms with Crippen LogP contribution in [-0.4, -0.2) is 52.7 Å². The van der Waals surface area contributed by atoms with Crippen molar-refractivity contribution in [2.75, 3.05) is 40.1 Å². The van der Waals surface area contributed by atoms with Crippen LogP contribution in [0.5, 0.6) is 0 Å². The summed E-state index contributed by atoms with van der Waals surface area (Å²) in [6.07, 6.45) is 3.98. The number of ether oxygens (including phenoxy) is 5. The van der Waals surface area contributed by atoms with E-state index >= 15 is 0 Å². The fourth-order valence-electron chi connectivity index (χ4n) is 2.63. The van der Waals surface area contributed by atoms with E-state index in [1.54, 1.807) is 7.11 Å². The van der Waals surface area contributed by atoms with Gasteiger partial charge in [0.1, 0.15) is 0 Å². The highest BCUT2D eigenvalue weighted by molar-refractivity contribution is 4.72. The molecule has 0 unspecified atom stereocenters. The quantitative estimate of drug-likeness (QED) is 0.672. The van der Waals surface area contributed by atoms with Gasteiger partial charge in [0.05, 0.1) is 32.3 Å². The average Bonchev–Trinajstić information content (AvgIpc) is 2.49. The molecule has 2 aliphatic heterocycles. The van der Waals surface area contributed by atoms with Crippen molar-refractivity contribution < 1.29 is 23.7 Å². The second-order valence-corrected chi connectivity index (χ2v) is 5.68. The van der Waals surface area contributed by atoms with Gasteiger partial charge in [-0.25, -0.2) is 0 Å². The van der Waals surface area contributed by atoms with Gasteiger partial charge in [-0.1, -0.05) is 13.3 Å². The molecular formula is C15H28O5. The molecule has 0 amide bonds. The van der Waals surface area contributed by atoms with Crippen molar-refractivity contribution in [3.8, 4) is 0 Å². The third-order valence-electron chi connectivity index (χ3n) is 3.85. The highest BCUT2D eigenvalue weighted by Gasteiger charge is 2.33. The molecule has 0 aliphatic carbocycles. The van der Waals surface area contributed by atoms with Crippen molar-refractivity contribution in [2.24, 2.45) is 11.8 Å². The summed E-state index contributed by atoms with van der Waals surface area (Å²) >= 11 is 0. The Morgan fingerprint density at radius 3 is 2.25 bits per heavy atom. The molecule has 2 fully saturated rings. The van der Waals surface area contributed by atoms with E-state index in [9.17, 15) is 0 Å². The molecule has 0 bridgehead atoms. The highest BCUT2D eigenvalue weighted by atomic mass is 16.7. The standard InChI is InChI=1S/C15H28O5/c1-3-5-14-17-10-13(11-18-14)15-19-8-12(9-20-15)6-4-7-16-2/h12-15H,3-11H2,1-2H3. The normalized spacial score (nSPS) is 35.1. The molecular weight excluding hydrogens is 260 g/mol. The molecule has 0 aromatic rings. The average molecular weight is 288 g/mol. The third-order valence-corrected chi connectivity index (χ3v) is 3.85. The summed E-state index contributed by atoms with van der Waals surface area (Å²) in [5.41, 5.74) is 0. The molecule has 0 atom stereocenters. The lowest BCUT2D eigenvalue weighted by molar-refractivity contribution is -0.281. The van der Waals surface area contributed by atoms with Gasteiger partial charge in [-0.05, 0) is 19.3 Å². The first kappa shape index (κ1) is 16.2. The van der Waals surface area contributed by atoms with E-state index in [0.29, 0.717) is 19.1 Å². The van der Waals surface area contributed by atoms with E-state index in [1.165, 1.54) is 0 Å². The van der Waals surface area contributed by atoms with E-state index in [4.69, 9.17) is 23.7 Å². The molecule has 5 heteroatoms. The Morgan fingerprint density at radius 1 is 0.950 bits per heavy atom. The Labute approximate surface area is 121 Å². The van der Waals surface area contributed by atoms with Crippen LogP contribution in [0.1, 0.15) is 32.6 Å². The number of methoxy groups -OCH3 is 1. The van der Waals surface area contributed by atoms with Crippen LogP contribution in [0.15, 0.2) is 0 Å². The lowest BCUT2D eigenvalue weighted by atomic mass is 10.0. The largest absolute Gasteiger partial charge is 0.385 e. The minimum Gasteiger partial charge on any atom is -0.385 e. The SMILES string of the molecule is CCCC1OCC(C2OCC(CCCOC)CO2)CO1. The Bertz CT molecular complexity index is 245. The highest BCUT2D eigenvalue weighted by Crippen LogP contribution is 2.25. The lowest BCUT2D eigenvalue weighted by Gasteiger charge is -2.37. The van der Waals surface area contributed by atoms with E-state index in [0.717, 1.165) is 45.5 Å². The summed E-state index contributed by atoms with van der Waals surface area (Å²) in [5, 5.41) is 0. The molecule has 5 nitrogen and oxygen atoms in total. The van der Waals surface area contributed by atoms with E-state index in [-0.39, 0.29) is 18.5 Å². The smallest absolute Gasteiger partial charge is 0.164 e. The molecule has 0 spiro atoms. The Balaban J connectivity index is 1.62. The summed E-state index contributed by atoms with van der Waals surface area (Å²) in [7, 11) is 1.73.